The molecule has 0 bridgehead atoms. The number of ether oxygens (including phenoxy) is 1. The molecule has 0 saturated carbocycles. The van der Waals surface area contributed by atoms with E-state index in [-0.39, 0.29) is 17.3 Å². The average molecular weight is 334 g/mol. The first-order valence-electron chi connectivity index (χ1n) is 6.91. The van der Waals surface area contributed by atoms with Crippen molar-refractivity contribution < 1.29 is 17.9 Å². The summed E-state index contributed by atoms with van der Waals surface area (Å²) in [6.45, 7) is 1.45. The third-order valence-electron chi connectivity index (χ3n) is 3.11. The molecule has 0 fully saturated rings. The highest BCUT2D eigenvalue weighted by Gasteiger charge is 2.14. The molecule has 2 rings (SSSR count). The number of hydrogen-bond acceptors (Lipinski definition) is 4. The molecule has 0 saturated heterocycles. The van der Waals surface area contributed by atoms with Gasteiger partial charge in [-0.25, -0.2) is 13.1 Å². The summed E-state index contributed by atoms with van der Waals surface area (Å²) >= 11 is 0. The summed E-state index contributed by atoms with van der Waals surface area (Å²) < 4.78 is 32.2. The maximum absolute atomic E-state index is 12.2. The van der Waals surface area contributed by atoms with Crippen LogP contribution in [0.15, 0.2) is 53.4 Å². The Bertz CT molecular complexity index is 789. The summed E-state index contributed by atoms with van der Waals surface area (Å²) in [7, 11) is -2.11. The molecule has 0 aromatic heterocycles. The second kappa shape index (κ2) is 7.26. The van der Waals surface area contributed by atoms with Crippen molar-refractivity contribution in [2.24, 2.45) is 0 Å². The van der Waals surface area contributed by atoms with Crippen LogP contribution in [0.2, 0.25) is 0 Å². The van der Waals surface area contributed by atoms with Gasteiger partial charge in [0.05, 0.1) is 12.0 Å². The van der Waals surface area contributed by atoms with Crippen LogP contribution in [-0.4, -0.2) is 21.4 Å². The lowest BCUT2D eigenvalue weighted by Gasteiger charge is -2.12. The van der Waals surface area contributed by atoms with E-state index < -0.39 is 10.0 Å². The van der Waals surface area contributed by atoms with Crippen LogP contribution in [-0.2, 0) is 21.4 Å². The molecule has 122 valence electrons. The van der Waals surface area contributed by atoms with Crippen LogP contribution in [0.25, 0.3) is 0 Å². The molecule has 0 aliphatic heterocycles. The van der Waals surface area contributed by atoms with Gasteiger partial charge in [0.1, 0.15) is 5.75 Å². The van der Waals surface area contributed by atoms with E-state index in [1.807, 2.05) is 0 Å². The van der Waals surface area contributed by atoms with Gasteiger partial charge in [-0.2, -0.15) is 0 Å². The molecule has 0 aliphatic rings. The molecule has 7 heteroatoms. The molecule has 6 nitrogen and oxygen atoms in total. The molecular weight excluding hydrogens is 316 g/mol. The molecule has 23 heavy (non-hydrogen) atoms. The van der Waals surface area contributed by atoms with E-state index >= 15 is 0 Å². The molecule has 0 unspecified atom stereocenters. The third kappa shape index (κ3) is 4.54. The van der Waals surface area contributed by atoms with Crippen molar-refractivity contribution >= 4 is 21.6 Å². The van der Waals surface area contributed by atoms with Crippen LogP contribution in [0.5, 0.6) is 5.75 Å². The number of rotatable bonds is 6. The van der Waals surface area contributed by atoms with E-state index in [1.54, 1.807) is 36.4 Å². The second-order valence-electron chi connectivity index (χ2n) is 4.85. The van der Waals surface area contributed by atoms with Crippen LogP contribution in [0.1, 0.15) is 12.5 Å². The number of nitrogens with one attached hydrogen (secondary N) is 2. The maximum atomic E-state index is 12.2. The summed E-state index contributed by atoms with van der Waals surface area (Å²) in [4.78, 5) is 11.3. The van der Waals surface area contributed by atoms with Crippen LogP contribution in [0.3, 0.4) is 0 Å². The van der Waals surface area contributed by atoms with E-state index in [2.05, 4.69) is 10.0 Å². The van der Waals surface area contributed by atoms with Gasteiger partial charge in [-0.3, -0.25) is 4.79 Å². The lowest BCUT2D eigenvalue weighted by atomic mass is 10.2. The van der Waals surface area contributed by atoms with Gasteiger partial charge in [-0.1, -0.05) is 18.2 Å². The fraction of sp³-hybridized carbons (Fsp3) is 0.188. The Morgan fingerprint density at radius 2 is 1.83 bits per heavy atom. The number of amides is 1. The van der Waals surface area contributed by atoms with Crippen molar-refractivity contribution in [1.82, 2.24) is 4.72 Å². The predicted molar refractivity (Wildman–Crippen MR) is 87.8 cm³/mol. The minimum atomic E-state index is -3.61. The predicted octanol–water partition coefficient (Wildman–Crippen LogP) is 2.13. The van der Waals surface area contributed by atoms with E-state index in [0.29, 0.717) is 17.0 Å². The number of carbonyl (C=O) groups is 1. The van der Waals surface area contributed by atoms with Gasteiger partial charge >= 0.3 is 0 Å². The molecule has 0 aliphatic carbocycles. The van der Waals surface area contributed by atoms with Crippen molar-refractivity contribution in [2.75, 3.05) is 12.4 Å². The highest BCUT2D eigenvalue weighted by atomic mass is 32.2. The van der Waals surface area contributed by atoms with Crippen molar-refractivity contribution in [3.05, 3.63) is 54.1 Å². The molecule has 0 heterocycles. The van der Waals surface area contributed by atoms with Gasteiger partial charge in [0.25, 0.3) is 0 Å². The molecule has 2 N–H and O–H groups in total. The molecule has 2 aromatic rings. The van der Waals surface area contributed by atoms with Gasteiger partial charge < -0.3 is 10.1 Å². The lowest BCUT2D eigenvalue weighted by molar-refractivity contribution is -0.114. The first kappa shape index (κ1) is 17.0. The summed E-state index contributed by atoms with van der Waals surface area (Å²) in [5.74, 6) is 0.334. The Morgan fingerprint density at radius 3 is 2.43 bits per heavy atom. The normalized spacial score (nSPS) is 11.0. The average Bonchev–Trinajstić information content (AvgIpc) is 2.53. The first-order chi connectivity index (χ1) is 10.9. The van der Waals surface area contributed by atoms with Gasteiger partial charge in [-0.15, -0.1) is 0 Å². The van der Waals surface area contributed by atoms with Crippen molar-refractivity contribution in [3.63, 3.8) is 0 Å². The molecule has 2 aromatic carbocycles. The minimum absolute atomic E-state index is 0.0494. The largest absolute Gasteiger partial charge is 0.496 e. The van der Waals surface area contributed by atoms with E-state index in [4.69, 9.17) is 4.74 Å². The van der Waals surface area contributed by atoms with Crippen molar-refractivity contribution in [1.29, 1.82) is 0 Å². The van der Waals surface area contributed by atoms with E-state index in [9.17, 15) is 13.2 Å². The number of methoxy groups -OCH3 is 1. The Morgan fingerprint density at radius 1 is 1.13 bits per heavy atom. The zero-order chi connectivity index (χ0) is 16.9. The highest BCUT2D eigenvalue weighted by Crippen LogP contribution is 2.23. The number of hydrogen-bond donors (Lipinski definition) is 2. The quantitative estimate of drug-likeness (QED) is 0.847. The third-order valence-corrected chi connectivity index (χ3v) is 4.52. The Kier molecular flexibility index (Phi) is 5.36. The molecule has 1 amide bonds. The number of benzene rings is 2. The summed E-state index contributed by atoms with van der Waals surface area (Å²) in [5.41, 5.74) is 1.20. The van der Waals surface area contributed by atoms with Gasteiger partial charge in [-0.05, 0) is 30.3 Å². The van der Waals surface area contributed by atoms with Gasteiger partial charge in [0.2, 0.25) is 15.9 Å². The van der Waals surface area contributed by atoms with Crippen LogP contribution in [0, 0.1) is 0 Å². The minimum Gasteiger partial charge on any atom is -0.496 e. The van der Waals surface area contributed by atoms with Crippen LogP contribution in [0.4, 0.5) is 5.69 Å². The summed E-state index contributed by atoms with van der Waals surface area (Å²) in [6, 6.07) is 13.2. The molecule has 0 spiro atoms. The fourth-order valence-corrected chi connectivity index (χ4v) is 3.08. The number of anilines is 1. The smallest absolute Gasteiger partial charge is 0.240 e. The van der Waals surface area contributed by atoms with Crippen molar-refractivity contribution in [2.45, 2.75) is 18.4 Å². The Balaban J connectivity index is 2.20. The summed E-state index contributed by atoms with van der Waals surface area (Å²) in [5, 5.41) is 2.65. The van der Waals surface area contributed by atoms with Gasteiger partial charge in [0, 0.05) is 24.7 Å². The zero-order valence-electron chi connectivity index (χ0n) is 12.9. The topological polar surface area (TPSA) is 84.5 Å². The van der Waals surface area contributed by atoms with E-state index in [1.165, 1.54) is 26.2 Å². The second-order valence-corrected chi connectivity index (χ2v) is 6.61. The molecular formula is C16H18N2O4S. The SMILES string of the molecule is COc1ccc(NC(C)=O)cc1CNS(=O)(=O)c1ccccc1. The number of carbonyl (C=O) groups excluding carboxylic acids is 1. The lowest BCUT2D eigenvalue weighted by Crippen LogP contribution is -2.23. The monoisotopic (exact) mass is 334 g/mol. The maximum Gasteiger partial charge on any atom is 0.240 e. The van der Waals surface area contributed by atoms with Gasteiger partial charge in [0.15, 0.2) is 0 Å². The summed E-state index contributed by atoms with van der Waals surface area (Å²) in [6.07, 6.45) is 0. The first-order valence-corrected chi connectivity index (χ1v) is 8.40. The highest BCUT2D eigenvalue weighted by molar-refractivity contribution is 7.89. The molecule has 0 radical (unpaired) electrons. The Hall–Kier alpha value is -2.38. The zero-order valence-corrected chi connectivity index (χ0v) is 13.7. The van der Waals surface area contributed by atoms with E-state index in [0.717, 1.165) is 0 Å². The van der Waals surface area contributed by atoms with Crippen LogP contribution >= 0.6 is 0 Å². The standard InChI is InChI=1S/C16H18N2O4S/c1-12(19)18-14-8-9-16(22-2)13(10-14)11-17-23(20,21)15-6-4-3-5-7-15/h3-10,17H,11H2,1-2H3,(H,18,19). The number of sulfonamides is 1. The van der Waals surface area contributed by atoms with Crippen LogP contribution < -0.4 is 14.8 Å². The van der Waals surface area contributed by atoms with Crippen molar-refractivity contribution in [3.8, 4) is 5.75 Å². The Labute approximate surface area is 135 Å². The fourth-order valence-electron chi connectivity index (χ4n) is 2.05. The molecule has 0 atom stereocenters.